The van der Waals surface area contributed by atoms with Crippen LogP contribution in [0.2, 0.25) is 0 Å². The predicted molar refractivity (Wildman–Crippen MR) is 90.4 cm³/mol. The molecule has 0 aliphatic carbocycles. The maximum atomic E-state index is 13.3. The molecule has 26 heavy (non-hydrogen) atoms. The second-order valence-corrected chi connectivity index (χ2v) is 7.68. The fourth-order valence-electron chi connectivity index (χ4n) is 2.86. The van der Waals surface area contributed by atoms with E-state index in [1.165, 1.54) is 22.5 Å². The zero-order chi connectivity index (χ0) is 18.9. The molecule has 2 aromatic rings. The summed E-state index contributed by atoms with van der Waals surface area (Å²) in [6.45, 7) is 0.544. The number of sulfonamides is 1. The van der Waals surface area contributed by atoms with Gasteiger partial charge in [0.05, 0.1) is 15.9 Å². The minimum absolute atomic E-state index is 0.0768. The minimum atomic E-state index is -3.85. The van der Waals surface area contributed by atoms with Crippen LogP contribution in [0.4, 0.5) is 20.2 Å². The molecule has 1 saturated heterocycles. The van der Waals surface area contributed by atoms with Crippen LogP contribution in [0.5, 0.6) is 0 Å². The standard InChI is InChI=1S/C16H15F2N3O4S/c17-12-2-1-3-14(10-12)26(24,25)20-8-6-19(7-9-20)15-5-4-13(18)11-16(15)21(22)23/h1-5,10-11H,6-9H2. The van der Waals surface area contributed by atoms with Crippen LogP contribution >= 0.6 is 0 Å². The van der Waals surface area contributed by atoms with E-state index in [4.69, 9.17) is 0 Å². The molecule has 0 spiro atoms. The van der Waals surface area contributed by atoms with Crippen LogP contribution in [0.3, 0.4) is 0 Å². The lowest BCUT2D eigenvalue weighted by atomic mass is 10.2. The van der Waals surface area contributed by atoms with E-state index in [0.29, 0.717) is 0 Å². The van der Waals surface area contributed by atoms with Gasteiger partial charge in [-0.1, -0.05) is 6.07 Å². The number of benzene rings is 2. The molecule has 0 atom stereocenters. The second-order valence-electron chi connectivity index (χ2n) is 5.74. The average molecular weight is 383 g/mol. The number of halogens is 2. The van der Waals surface area contributed by atoms with Crippen molar-refractivity contribution in [2.24, 2.45) is 0 Å². The third kappa shape index (κ3) is 3.51. The van der Waals surface area contributed by atoms with Gasteiger partial charge >= 0.3 is 0 Å². The van der Waals surface area contributed by atoms with Gasteiger partial charge in [-0.15, -0.1) is 0 Å². The van der Waals surface area contributed by atoms with Crippen molar-refractivity contribution < 1.29 is 22.1 Å². The number of rotatable bonds is 4. The summed E-state index contributed by atoms with van der Waals surface area (Å²) in [6.07, 6.45) is 0. The SMILES string of the molecule is O=[N+]([O-])c1cc(F)ccc1N1CCN(S(=O)(=O)c2cccc(F)c2)CC1. The first-order valence-electron chi connectivity index (χ1n) is 7.73. The Labute approximate surface area is 148 Å². The molecule has 3 rings (SSSR count). The summed E-state index contributed by atoms with van der Waals surface area (Å²) in [5, 5.41) is 11.1. The van der Waals surface area contributed by atoms with Gasteiger partial charge in [0.15, 0.2) is 0 Å². The van der Waals surface area contributed by atoms with Gasteiger partial charge in [-0.2, -0.15) is 4.31 Å². The number of piperazine rings is 1. The van der Waals surface area contributed by atoms with Gasteiger partial charge in [0.25, 0.3) is 5.69 Å². The second kappa shape index (κ2) is 6.96. The van der Waals surface area contributed by atoms with E-state index in [-0.39, 0.29) is 42.4 Å². The first-order valence-corrected chi connectivity index (χ1v) is 9.17. The normalized spacial score (nSPS) is 15.8. The fraction of sp³-hybridized carbons (Fsp3) is 0.250. The van der Waals surface area contributed by atoms with Crippen molar-refractivity contribution in [1.29, 1.82) is 0 Å². The largest absolute Gasteiger partial charge is 0.363 e. The van der Waals surface area contributed by atoms with Crippen molar-refractivity contribution in [1.82, 2.24) is 4.31 Å². The Morgan fingerprint density at radius 2 is 1.62 bits per heavy atom. The molecular weight excluding hydrogens is 368 g/mol. The molecule has 0 radical (unpaired) electrons. The van der Waals surface area contributed by atoms with E-state index < -0.39 is 26.6 Å². The van der Waals surface area contributed by atoms with Crippen molar-refractivity contribution >= 4 is 21.4 Å². The van der Waals surface area contributed by atoms with E-state index in [9.17, 15) is 27.3 Å². The van der Waals surface area contributed by atoms with Crippen molar-refractivity contribution in [3.8, 4) is 0 Å². The number of hydrogen-bond donors (Lipinski definition) is 0. The summed E-state index contributed by atoms with van der Waals surface area (Å²) in [7, 11) is -3.85. The summed E-state index contributed by atoms with van der Waals surface area (Å²) in [4.78, 5) is 11.9. The lowest BCUT2D eigenvalue weighted by Crippen LogP contribution is -2.48. The van der Waals surface area contributed by atoms with Gasteiger partial charge in [-0.25, -0.2) is 17.2 Å². The maximum absolute atomic E-state index is 13.3. The summed E-state index contributed by atoms with van der Waals surface area (Å²) >= 11 is 0. The highest BCUT2D eigenvalue weighted by molar-refractivity contribution is 7.89. The molecule has 0 amide bonds. The third-order valence-corrected chi connectivity index (χ3v) is 6.04. The van der Waals surface area contributed by atoms with Crippen LogP contribution in [-0.4, -0.2) is 43.8 Å². The molecule has 10 heteroatoms. The Balaban J connectivity index is 1.79. The number of nitrogens with zero attached hydrogens (tertiary/aromatic N) is 3. The Hall–Kier alpha value is -2.59. The quantitative estimate of drug-likeness (QED) is 0.598. The van der Waals surface area contributed by atoms with Crippen LogP contribution in [0.15, 0.2) is 47.4 Å². The summed E-state index contributed by atoms with van der Waals surface area (Å²) in [6, 6.07) is 8.01. The summed E-state index contributed by atoms with van der Waals surface area (Å²) in [5.41, 5.74) is -0.134. The molecule has 0 saturated carbocycles. The van der Waals surface area contributed by atoms with E-state index in [0.717, 1.165) is 24.3 Å². The molecule has 1 aliphatic heterocycles. The molecule has 2 aromatic carbocycles. The van der Waals surface area contributed by atoms with E-state index in [2.05, 4.69) is 0 Å². The molecule has 1 fully saturated rings. The van der Waals surface area contributed by atoms with Gasteiger partial charge in [-0.05, 0) is 30.3 Å². The molecule has 0 N–H and O–H groups in total. The van der Waals surface area contributed by atoms with Crippen LogP contribution in [0.1, 0.15) is 0 Å². The molecule has 7 nitrogen and oxygen atoms in total. The van der Waals surface area contributed by atoms with Crippen molar-refractivity contribution in [2.45, 2.75) is 4.90 Å². The maximum Gasteiger partial charge on any atom is 0.295 e. The Morgan fingerprint density at radius 1 is 0.962 bits per heavy atom. The molecule has 1 aliphatic rings. The molecule has 0 bridgehead atoms. The topological polar surface area (TPSA) is 83.8 Å². The number of nitro groups is 1. The molecule has 1 heterocycles. The number of hydrogen-bond acceptors (Lipinski definition) is 5. The fourth-order valence-corrected chi connectivity index (χ4v) is 4.31. The van der Waals surface area contributed by atoms with Crippen LogP contribution in [-0.2, 0) is 10.0 Å². The lowest BCUT2D eigenvalue weighted by molar-refractivity contribution is -0.384. The number of nitro benzene ring substituents is 1. The molecule has 0 aromatic heterocycles. The summed E-state index contributed by atoms with van der Waals surface area (Å²) in [5.74, 6) is -1.36. The highest BCUT2D eigenvalue weighted by atomic mass is 32.2. The third-order valence-electron chi connectivity index (χ3n) is 4.15. The van der Waals surface area contributed by atoms with Gasteiger partial charge in [0, 0.05) is 26.2 Å². The molecular formula is C16H15F2N3O4S. The highest BCUT2D eigenvalue weighted by Gasteiger charge is 2.31. The molecule has 138 valence electrons. The highest BCUT2D eigenvalue weighted by Crippen LogP contribution is 2.30. The first kappa shape index (κ1) is 18.2. The van der Waals surface area contributed by atoms with E-state index in [1.54, 1.807) is 4.90 Å². The van der Waals surface area contributed by atoms with Gasteiger partial charge in [0.1, 0.15) is 17.3 Å². The van der Waals surface area contributed by atoms with Gasteiger partial charge in [0.2, 0.25) is 10.0 Å². The van der Waals surface area contributed by atoms with Gasteiger partial charge in [-0.3, -0.25) is 10.1 Å². The summed E-state index contributed by atoms with van der Waals surface area (Å²) < 4.78 is 53.0. The van der Waals surface area contributed by atoms with Crippen molar-refractivity contribution in [3.05, 3.63) is 64.2 Å². The zero-order valence-corrected chi connectivity index (χ0v) is 14.3. The van der Waals surface area contributed by atoms with Crippen LogP contribution in [0.25, 0.3) is 0 Å². The average Bonchev–Trinajstić information content (AvgIpc) is 2.61. The lowest BCUT2D eigenvalue weighted by Gasteiger charge is -2.35. The smallest absolute Gasteiger partial charge is 0.295 e. The predicted octanol–water partition coefficient (Wildman–Crippen LogP) is 2.38. The zero-order valence-electron chi connectivity index (χ0n) is 13.5. The van der Waals surface area contributed by atoms with E-state index in [1.807, 2.05) is 0 Å². The first-order chi connectivity index (χ1) is 12.3. The van der Waals surface area contributed by atoms with E-state index >= 15 is 0 Å². The minimum Gasteiger partial charge on any atom is -0.363 e. The van der Waals surface area contributed by atoms with Crippen LogP contribution < -0.4 is 4.90 Å². The Bertz CT molecular complexity index is 944. The van der Waals surface area contributed by atoms with Crippen LogP contribution in [0, 0.1) is 21.7 Å². The van der Waals surface area contributed by atoms with Crippen molar-refractivity contribution in [2.75, 3.05) is 31.1 Å². The Kier molecular flexibility index (Phi) is 4.88. The number of anilines is 1. The van der Waals surface area contributed by atoms with Crippen molar-refractivity contribution in [3.63, 3.8) is 0 Å². The molecule has 0 unspecified atom stereocenters. The Morgan fingerprint density at radius 3 is 2.23 bits per heavy atom. The van der Waals surface area contributed by atoms with Gasteiger partial charge < -0.3 is 4.90 Å². The monoisotopic (exact) mass is 383 g/mol.